The highest BCUT2D eigenvalue weighted by atomic mass is 16.5. The molecule has 0 aliphatic carbocycles. The Labute approximate surface area is 171 Å². The third-order valence-electron chi connectivity index (χ3n) is 4.50. The highest BCUT2D eigenvalue weighted by Gasteiger charge is 2.35. The van der Waals surface area contributed by atoms with Gasteiger partial charge in [-0.15, -0.1) is 0 Å². The number of aromatic nitrogens is 1. The number of carbonyl (C=O) groups is 2. The van der Waals surface area contributed by atoms with Crippen molar-refractivity contribution in [2.45, 2.75) is 45.8 Å². The average Bonchev–Trinajstić information content (AvgIpc) is 2.68. The molecule has 0 aliphatic rings. The lowest BCUT2D eigenvalue weighted by molar-refractivity contribution is -0.126. The highest BCUT2D eigenvalue weighted by molar-refractivity contribution is 5.89. The van der Waals surface area contributed by atoms with E-state index in [-0.39, 0.29) is 24.7 Å². The topological polar surface area (TPSA) is 101 Å². The van der Waals surface area contributed by atoms with Gasteiger partial charge in [-0.1, -0.05) is 26.0 Å². The summed E-state index contributed by atoms with van der Waals surface area (Å²) < 4.78 is 5.28. The Kier molecular flexibility index (Phi) is 8.00. The van der Waals surface area contributed by atoms with E-state index in [0.717, 1.165) is 17.5 Å². The van der Waals surface area contributed by atoms with Gasteiger partial charge in [0.2, 0.25) is 5.91 Å². The zero-order valence-electron chi connectivity index (χ0n) is 17.1. The van der Waals surface area contributed by atoms with E-state index in [9.17, 15) is 14.7 Å². The van der Waals surface area contributed by atoms with Crippen molar-refractivity contribution in [1.82, 2.24) is 15.6 Å². The SMILES string of the molecule is CC(C)CCNC(=O)C(C)(Cc1ccc(O)cc1)NC(=O)OCc1ccncc1. The predicted molar refractivity (Wildman–Crippen MR) is 110 cm³/mol. The van der Waals surface area contributed by atoms with Crippen LogP contribution in [-0.4, -0.2) is 34.2 Å². The number of phenols is 1. The summed E-state index contributed by atoms with van der Waals surface area (Å²) in [4.78, 5) is 29.2. The first kappa shape index (κ1) is 22.2. The minimum Gasteiger partial charge on any atom is -0.508 e. The van der Waals surface area contributed by atoms with Gasteiger partial charge in [-0.3, -0.25) is 9.78 Å². The van der Waals surface area contributed by atoms with Crippen LogP contribution in [0, 0.1) is 5.92 Å². The lowest BCUT2D eigenvalue weighted by atomic mass is 9.91. The van der Waals surface area contributed by atoms with E-state index in [1.807, 2.05) is 0 Å². The van der Waals surface area contributed by atoms with Gasteiger partial charge in [0.1, 0.15) is 17.9 Å². The maximum absolute atomic E-state index is 12.9. The first-order valence-corrected chi connectivity index (χ1v) is 9.68. The van der Waals surface area contributed by atoms with E-state index < -0.39 is 11.6 Å². The molecule has 7 heteroatoms. The minimum absolute atomic E-state index is 0.0820. The summed E-state index contributed by atoms with van der Waals surface area (Å²) in [5.74, 6) is 0.311. The first-order valence-electron chi connectivity index (χ1n) is 9.68. The van der Waals surface area contributed by atoms with Crippen LogP contribution in [0.1, 0.15) is 38.3 Å². The Balaban J connectivity index is 2.06. The number of rotatable bonds is 9. The summed E-state index contributed by atoms with van der Waals surface area (Å²) in [6.07, 6.45) is 3.65. The van der Waals surface area contributed by atoms with E-state index in [1.54, 1.807) is 55.7 Å². The Morgan fingerprint density at radius 3 is 2.38 bits per heavy atom. The van der Waals surface area contributed by atoms with Crippen molar-refractivity contribution in [3.63, 3.8) is 0 Å². The van der Waals surface area contributed by atoms with Gasteiger partial charge in [0.25, 0.3) is 0 Å². The molecular weight excluding hydrogens is 370 g/mol. The molecule has 2 aromatic rings. The van der Waals surface area contributed by atoms with Crippen molar-refractivity contribution in [1.29, 1.82) is 0 Å². The van der Waals surface area contributed by atoms with Crippen molar-refractivity contribution in [2.75, 3.05) is 6.54 Å². The van der Waals surface area contributed by atoms with Gasteiger partial charge in [0.05, 0.1) is 0 Å². The summed E-state index contributed by atoms with van der Waals surface area (Å²) in [5.41, 5.74) is 0.402. The molecule has 0 spiro atoms. The van der Waals surface area contributed by atoms with Crippen LogP contribution in [0.4, 0.5) is 4.79 Å². The number of phenolic OH excluding ortho intramolecular Hbond substituents is 1. The average molecular weight is 399 g/mol. The normalized spacial score (nSPS) is 12.8. The number of nitrogens with one attached hydrogen (secondary N) is 2. The molecule has 0 radical (unpaired) electrons. The number of nitrogens with zero attached hydrogens (tertiary/aromatic N) is 1. The molecule has 1 aromatic carbocycles. The molecule has 1 heterocycles. The van der Waals surface area contributed by atoms with Crippen LogP contribution in [0.5, 0.6) is 5.75 Å². The molecule has 0 saturated heterocycles. The molecule has 0 aliphatic heterocycles. The largest absolute Gasteiger partial charge is 0.508 e. The van der Waals surface area contributed by atoms with E-state index in [2.05, 4.69) is 29.5 Å². The number of alkyl carbamates (subject to hydrolysis) is 1. The molecule has 0 fully saturated rings. The third kappa shape index (κ3) is 7.44. The second-order valence-corrected chi connectivity index (χ2v) is 7.67. The minimum atomic E-state index is -1.21. The van der Waals surface area contributed by atoms with Crippen LogP contribution < -0.4 is 10.6 Å². The summed E-state index contributed by atoms with van der Waals surface area (Å²) >= 11 is 0. The quantitative estimate of drug-likeness (QED) is 0.601. The van der Waals surface area contributed by atoms with Gasteiger partial charge in [-0.25, -0.2) is 4.79 Å². The molecule has 7 nitrogen and oxygen atoms in total. The molecule has 156 valence electrons. The van der Waals surface area contributed by atoms with Crippen molar-refractivity contribution in [3.8, 4) is 5.75 Å². The summed E-state index contributed by atoms with van der Waals surface area (Å²) in [6, 6.07) is 10.0. The predicted octanol–water partition coefficient (Wildman–Crippen LogP) is 3.18. The zero-order valence-corrected chi connectivity index (χ0v) is 17.1. The van der Waals surface area contributed by atoms with Crippen molar-refractivity contribution >= 4 is 12.0 Å². The van der Waals surface area contributed by atoms with Gasteiger partial charge in [0, 0.05) is 25.4 Å². The van der Waals surface area contributed by atoms with Crippen LogP contribution in [0.15, 0.2) is 48.8 Å². The molecule has 3 N–H and O–H groups in total. The number of hydrogen-bond acceptors (Lipinski definition) is 5. The number of ether oxygens (including phenoxy) is 1. The van der Waals surface area contributed by atoms with E-state index in [1.165, 1.54) is 0 Å². The highest BCUT2D eigenvalue weighted by Crippen LogP contribution is 2.18. The standard InChI is InChI=1S/C22H29N3O4/c1-16(2)8-13-24-20(27)22(3,14-17-4-6-19(26)7-5-17)25-21(28)29-15-18-9-11-23-12-10-18/h4-7,9-12,16,26H,8,13-15H2,1-3H3,(H,24,27)(H,25,28). The number of aromatic hydroxyl groups is 1. The second kappa shape index (κ2) is 10.5. The van der Waals surface area contributed by atoms with Gasteiger partial charge >= 0.3 is 6.09 Å². The summed E-state index contributed by atoms with van der Waals surface area (Å²) in [6.45, 7) is 6.43. The van der Waals surface area contributed by atoms with E-state index in [4.69, 9.17) is 4.74 Å². The number of amides is 2. The van der Waals surface area contributed by atoms with Crippen molar-refractivity contribution in [2.24, 2.45) is 5.92 Å². The number of carbonyl (C=O) groups excluding carboxylic acids is 2. The van der Waals surface area contributed by atoms with Gasteiger partial charge < -0.3 is 20.5 Å². The zero-order chi connectivity index (χ0) is 21.3. The fraction of sp³-hybridized carbons (Fsp3) is 0.409. The fourth-order valence-electron chi connectivity index (χ4n) is 2.76. The van der Waals surface area contributed by atoms with Crippen LogP contribution in [0.2, 0.25) is 0 Å². The number of pyridine rings is 1. The Morgan fingerprint density at radius 2 is 1.76 bits per heavy atom. The second-order valence-electron chi connectivity index (χ2n) is 7.67. The van der Waals surface area contributed by atoms with Gasteiger partial charge in [0.15, 0.2) is 0 Å². The van der Waals surface area contributed by atoms with Crippen LogP contribution >= 0.6 is 0 Å². The summed E-state index contributed by atoms with van der Waals surface area (Å²) in [5, 5.41) is 15.1. The Bertz CT molecular complexity index is 793. The molecule has 2 rings (SSSR count). The molecule has 29 heavy (non-hydrogen) atoms. The molecular formula is C22H29N3O4. The Morgan fingerprint density at radius 1 is 1.10 bits per heavy atom. The van der Waals surface area contributed by atoms with E-state index >= 15 is 0 Å². The molecule has 2 amide bonds. The maximum atomic E-state index is 12.9. The lowest BCUT2D eigenvalue weighted by Crippen LogP contribution is -2.58. The molecule has 0 bridgehead atoms. The molecule has 0 saturated carbocycles. The van der Waals surface area contributed by atoms with Gasteiger partial charge in [-0.05, 0) is 54.7 Å². The fourth-order valence-corrected chi connectivity index (χ4v) is 2.76. The first-order chi connectivity index (χ1) is 13.8. The molecule has 1 atom stereocenters. The number of hydrogen-bond donors (Lipinski definition) is 3. The smallest absolute Gasteiger partial charge is 0.408 e. The van der Waals surface area contributed by atoms with Crippen molar-refractivity contribution in [3.05, 3.63) is 59.9 Å². The van der Waals surface area contributed by atoms with Crippen LogP contribution in [0.3, 0.4) is 0 Å². The van der Waals surface area contributed by atoms with E-state index in [0.29, 0.717) is 12.5 Å². The molecule has 1 unspecified atom stereocenters. The Hall–Kier alpha value is -3.09. The van der Waals surface area contributed by atoms with Gasteiger partial charge in [-0.2, -0.15) is 0 Å². The van der Waals surface area contributed by atoms with Crippen LogP contribution in [0.25, 0.3) is 0 Å². The number of benzene rings is 1. The monoisotopic (exact) mass is 399 g/mol. The maximum Gasteiger partial charge on any atom is 0.408 e. The third-order valence-corrected chi connectivity index (χ3v) is 4.50. The summed E-state index contributed by atoms with van der Waals surface area (Å²) in [7, 11) is 0. The lowest BCUT2D eigenvalue weighted by Gasteiger charge is -2.29. The molecule has 1 aromatic heterocycles. The van der Waals surface area contributed by atoms with Crippen molar-refractivity contribution < 1.29 is 19.4 Å². The van der Waals surface area contributed by atoms with Crippen LogP contribution in [-0.2, 0) is 22.6 Å².